The van der Waals surface area contributed by atoms with Crippen molar-refractivity contribution in [3.05, 3.63) is 72.8 Å². The molecule has 1 aromatic heterocycles. The molecule has 0 radical (unpaired) electrons. The Morgan fingerprint density at radius 1 is 0.960 bits per heavy atom. The van der Waals surface area contributed by atoms with Gasteiger partial charge in [0.2, 0.25) is 0 Å². The van der Waals surface area contributed by atoms with Gasteiger partial charge in [0.05, 0.1) is 12.0 Å². The van der Waals surface area contributed by atoms with E-state index >= 15 is 0 Å². The molecule has 2 aromatic carbocycles. The fourth-order valence-electron chi connectivity index (χ4n) is 2.27. The van der Waals surface area contributed by atoms with Crippen molar-refractivity contribution in [2.24, 2.45) is 4.99 Å². The first-order chi connectivity index (χ1) is 12.3. The van der Waals surface area contributed by atoms with Crippen molar-refractivity contribution in [2.45, 2.75) is 6.92 Å². The zero-order valence-electron chi connectivity index (χ0n) is 14.5. The Morgan fingerprint density at radius 2 is 1.72 bits per heavy atom. The fourth-order valence-corrected chi connectivity index (χ4v) is 2.27. The van der Waals surface area contributed by atoms with Crippen molar-refractivity contribution in [2.75, 3.05) is 13.6 Å². The molecule has 0 fully saturated rings. The lowest BCUT2D eigenvalue weighted by molar-refractivity contribution is 0.484. The van der Waals surface area contributed by atoms with Crippen LogP contribution < -0.4 is 4.74 Å². The minimum atomic E-state index is 0.673. The summed E-state index contributed by atoms with van der Waals surface area (Å²) < 4.78 is 6.03. The van der Waals surface area contributed by atoms with Crippen LogP contribution in [-0.4, -0.2) is 29.8 Å². The maximum absolute atomic E-state index is 6.03. The Hall–Kier alpha value is -3.14. The second-order valence-electron chi connectivity index (χ2n) is 5.61. The Balaban J connectivity index is 1.91. The van der Waals surface area contributed by atoms with E-state index in [1.807, 2.05) is 84.7 Å². The first kappa shape index (κ1) is 16.7. The van der Waals surface area contributed by atoms with E-state index in [0.29, 0.717) is 5.82 Å². The van der Waals surface area contributed by atoms with E-state index in [4.69, 9.17) is 4.74 Å². The average Bonchev–Trinajstić information content (AvgIpc) is 2.67. The quantitative estimate of drug-likeness (QED) is 0.463. The summed E-state index contributed by atoms with van der Waals surface area (Å²) in [6, 6.07) is 23.5. The summed E-state index contributed by atoms with van der Waals surface area (Å²) in [6.07, 6.45) is 1.79. The number of aromatic nitrogens is 1. The van der Waals surface area contributed by atoms with Gasteiger partial charge in [-0.2, -0.15) is 0 Å². The number of ether oxygens (including phenoxy) is 1. The third kappa shape index (κ3) is 4.44. The fraction of sp³-hybridized carbons (Fsp3) is 0.143. The normalized spacial score (nSPS) is 10.8. The second kappa shape index (κ2) is 8.11. The molecule has 126 valence electrons. The van der Waals surface area contributed by atoms with Crippen LogP contribution in [0.4, 0.5) is 5.82 Å². The summed E-state index contributed by atoms with van der Waals surface area (Å²) in [6.45, 7) is 2.98. The number of benzene rings is 2. The number of hydrogen-bond acceptors (Lipinski definition) is 3. The van der Waals surface area contributed by atoms with Crippen LogP contribution in [0.5, 0.6) is 11.5 Å². The molecule has 0 N–H and O–H groups in total. The third-order valence-electron chi connectivity index (χ3n) is 3.75. The van der Waals surface area contributed by atoms with Crippen LogP contribution in [0.3, 0.4) is 0 Å². The maximum atomic E-state index is 6.03. The molecule has 4 heteroatoms. The predicted octanol–water partition coefficient (Wildman–Crippen LogP) is 5.15. The van der Waals surface area contributed by atoms with E-state index in [0.717, 1.165) is 29.3 Å². The molecule has 0 aliphatic carbocycles. The van der Waals surface area contributed by atoms with E-state index in [2.05, 4.69) is 16.9 Å². The number of pyridine rings is 1. The van der Waals surface area contributed by atoms with Crippen LogP contribution in [-0.2, 0) is 0 Å². The Bertz CT molecular complexity index is 847. The molecule has 0 spiro atoms. The lowest BCUT2D eigenvalue weighted by Crippen LogP contribution is -2.14. The van der Waals surface area contributed by atoms with Crippen LogP contribution in [0, 0.1) is 0 Å². The number of aliphatic imine (C=N–C) groups is 1. The minimum Gasteiger partial charge on any atom is -0.457 e. The zero-order chi connectivity index (χ0) is 17.5. The summed E-state index contributed by atoms with van der Waals surface area (Å²) in [5.41, 5.74) is 1.77. The van der Waals surface area contributed by atoms with Gasteiger partial charge < -0.3 is 9.64 Å². The Labute approximate surface area is 148 Å². The SMILES string of the molecule is CCN(C)/C=N/c1cccc(-c2ccccc2Oc2ccccc2)n1. The highest BCUT2D eigenvalue weighted by Gasteiger charge is 2.08. The highest BCUT2D eigenvalue weighted by molar-refractivity contribution is 5.69. The van der Waals surface area contributed by atoms with Gasteiger partial charge in [-0.1, -0.05) is 36.4 Å². The highest BCUT2D eigenvalue weighted by Crippen LogP contribution is 2.32. The van der Waals surface area contributed by atoms with Crippen LogP contribution in [0.2, 0.25) is 0 Å². The molecule has 3 aromatic rings. The van der Waals surface area contributed by atoms with Gasteiger partial charge in [-0.3, -0.25) is 0 Å². The van der Waals surface area contributed by atoms with Crippen molar-refractivity contribution in [1.29, 1.82) is 0 Å². The predicted molar refractivity (Wildman–Crippen MR) is 103 cm³/mol. The molecule has 4 nitrogen and oxygen atoms in total. The van der Waals surface area contributed by atoms with Crippen LogP contribution in [0.1, 0.15) is 6.92 Å². The van der Waals surface area contributed by atoms with Gasteiger partial charge >= 0.3 is 0 Å². The van der Waals surface area contributed by atoms with Crippen LogP contribution >= 0.6 is 0 Å². The first-order valence-electron chi connectivity index (χ1n) is 8.30. The third-order valence-corrected chi connectivity index (χ3v) is 3.75. The molecule has 25 heavy (non-hydrogen) atoms. The standard InChI is InChI=1S/C21H21N3O/c1-3-24(2)16-22-21-15-9-13-19(23-21)18-12-7-8-14-20(18)25-17-10-5-4-6-11-17/h4-16H,3H2,1-2H3/b22-16+. The molecule has 0 unspecified atom stereocenters. The summed E-state index contributed by atoms with van der Waals surface area (Å²) >= 11 is 0. The average molecular weight is 331 g/mol. The monoisotopic (exact) mass is 331 g/mol. The molecule has 0 saturated carbocycles. The molecule has 0 aliphatic heterocycles. The number of para-hydroxylation sites is 2. The lowest BCUT2D eigenvalue weighted by atomic mass is 10.1. The van der Waals surface area contributed by atoms with E-state index in [1.165, 1.54) is 0 Å². The zero-order valence-corrected chi connectivity index (χ0v) is 14.5. The Kier molecular flexibility index (Phi) is 5.42. The first-order valence-corrected chi connectivity index (χ1v) is 8.30. The van der Waals surface area contributed by atoms with E-state index in [9.17, 15) is 0 Å². The van der Waals surface area contributed by atoms with Crippen molar-refractivity contribution >= 4 is 12.2 Å². The van der Waals surface area contributed by atoms with Crippen LogP contribution in [0.25, 0.3) is 11.3 Å². The molecule has 1 heterocycles. The summed E-state index contributed by atoms with van der Waals surface area (Å²) in [7, 11) is 1.98. The topological polar surface area (TPSA) is 37.7 Å². The van der Waals surface area contributed by atoms with Crippen molar-refractivity contribution in [3.63, 3.8) is 0 Å². The largest absolute Gasteiger partial charge is 0.457 e. The minimum absolute atomic E-state index is 0.673. The van der Waals surface area contributed by atoms with E-state index in [-0.39, 0.29) is 0 Å². The summed E-state index contributed by atoms with van der Waals surface area (Å²) in [5.74, 6) is 2.24. The van der Waals surface area contributed by atoms with Crippen molar-refractivity contribution in [1.82, 2.24) is 9.88 Å². The molecule has 3 rings (SSSR count). The van der Waals surface area contributed by atoms with Gasteiger partial charge in [-0.05, 0) is 43.3 Å². The van der Waals surface area contributed by atoms with E-state index < -0.39 is 0 Å². The Morgan fingerprint density at radius 3 is 2.52 bits per heavy atom. The number of nitrogens with zero attached hydrogens (tertiary/aromatic N) is 3. The second-order valence-corrected chi connectivity index (χ2v) is 5.61. The van der Waals surface area contributed by atoms with Gasteiger partial charge in [0.25, 0.3) is 0 Å². The van der Waals surface area contributed by atoms with Gasteiger partial charge in [0, 0.05) is 19.2 Å². The smallest absolute Gasteiger partial charge is 0.154 e. The van der Waals surface area contributed by atoms with Crippen LogP contribution in [0.15, 0.2) is 77.8 Å². The van der Waals surface area contributed by atoms with Crippen molar-refractivity contribution < 1.29 is 4.74 Å². The van der Waals surface area contributed by atoms with Gasteiger partial charge in [0.15, 0.2) is 5.82 Å². The molecule has 0 atom stereocenters. The number of hydrogen-bond donors (Lipinski definition) is 0. The van der Waals surface area contributed by atoms with E-state index in [1.54, 1.807) is 6.34 Å². The molecule has 0 saturated heterocycles. The lowest BCUT2D eigenvalue weighted by Gasteiger charge is -2.11. The molecule has 0 aliphatic rings. The van der Waals surface area contributed by atoms with Gasteiger partial charge in [-0.25, -0.2) is 9.98 Å². The summed E-state index contributed by atoms with van der Waals surface area (Å²) in [5, 5.41) is 0. The maximum Gasteiger partial charge on any atom is 0.154 e. The molecule has 0 bridgehead atoms. The highest BCUT2D eigenvalue weighted by atomic mass is 16.5. The summed E-state index contributed by atoms with van der Waals surface area (Å²) in [4.78, 5) is 11.1. The molecular weight excluding hydrogens is 310 g/mol. The van der Waals surface area contributed by atoms with Gasteiger partial charge in [0.1, 0.15) is 11.5 Å². The number of rotatable bonds is 6. The molecular formula is C21H21N3O. The van der Waals surface area contributed by atoms with Gasteiger partial charge in [-0.15, -0.1) is 0 Å². The molecule has 0 amide bonds. The van der Waals surface area contributed by atoms with Crippen molar-refractivity contribution in [3.8, 4) is 22.8 Å².